The SMILES string of the molecule is C=C.C=Cc1c(N)cccc1C(=O)N(C)OCCC(=O)NC.CC.CCC(N)CCNC.CCCCC=O.CCCCCNC.CCCc1cc(C2=CN(C)NC2)c(C(F)F)cc1N.CNC. The maximum atomic E-state index is 13.2. The molecule has 0 aromatic heterocycles. The van der Waals surface area contributed by atoms with E-state index >= 15 is 0 Å². The molecule has 1 heterocycles. The lowest BCUT2D eigenvalue weighted by Gasteiger charge is -2.18. The zero-order valence-corrected chi connectivity index (χ0v) is 44.0. The number of hydroxylamine groups is 2. The maximum Gasteiger partial charge on any atom is 0.277 e. The Hall–Kier alpha value is -4.71. The molecule has 3 rings (SSSR count). The molecule has 0 radical (unpaired) electrons. The van der Waals surface area contributed by atoms with E-state index in [0.29, 0.717) is 40.7 Å². The lowest BCUT2D eigenvalue weighted by atomic mass is 9.95. The maximum absolute atomic E-state index is 13.2. The second-order valence-electron chi connectivity index (χ2n) is 14.5. The minimum Gasteiger partial charge on any atom is -0.398 e. The van der Waals surface area contributed by atoms with Crippen LogP contribution in [0.2, 0.25) is 0 Å². The average molecular weight is 951 g/mol. The molecule has 0 bridgehead atoms. The number of aryl methyl sites for hydroxylation is 1. The molecule has 1 aliphatic heterocycles. The van der Waals surface area contributed by atoms with Crippen LogP contribution in [0.3, 0.4) is 0 Å². The van der Waals surface area contributed by atoms with Crippen molar-refractivity contribution in [1.29, 1.82) is 0 Å². The van der Waals surface area contributed by atoms with Crippen LogP contribution in [0.15, 0.2) is 56.3 Å². The first-order valence-corrected chi connectivity index (χ1v) is 23.7. The van der Waals surface area contributed by atoms with E-state index < -0.39 is 6.43 Å². The minimum absolute atomic E-state index is 0.0145. The van der Waals surface area contributed by atoms with Crippen LogP contribution in [0.25, 0.3) is 11.6 Å². The smallest absolute Gasteiger partial charge is 0.277 e. The van der Waals surface area contributed by atoms with Crippen LogP contribution in [-0.2, 0) is 20.8 Å². The second kappa shape index (κ2) is 50.7. The normalized spacial score (nSPS) is 11.1. The van der Waals surface area contributed by atoms with Gasteiger partial charge in [-0.2, -0.15) is 0 Å². The van der Waals surface area contributed by atoms with E-state index in [1.54, 1.807) is 30.3 Å². The first-order valence-electron chi connectivity index (χ1n) is 23.7. The molecule has 16 heteroatoms. The van der Waals surface area contributed by atoms with Gasteiger partial charge in [-0.3, -0.25) is 14.4 Å². The topological polar surface area (TPSA) is 205 Å². The number of nitrogen functional groups attached to an aromatic ring is 2. The van der Waals surface area contributed by atoms with Crippen molar-refractivity contribution in [3.8, 4) is 0 Å². The third-order valence-electron chi connectivity index (χ3n) is 9.03. The number of carbonyl (C=O) groups is 3. The van der Waals surface area contributed by atoms with Crippen LogP contribution < -0.4 is 43.9 Å². The van der Waals surface area contributed by atoms with E-state index in [1.807, 2.05) is 68.3 Å². The molecular weight excluding hydrogens is 855 g/mol. The van der Waals surface area contributed by atoms with Crippen molar-refractivity contribution in [2.45, 2.75) is 125 Å². The summed E-state index contributed by atoms with van der Waals surface area (Å²) in [6.45, 7) is 25.0. The quantitative estimate of drug-likeness (QED) is 0.0195. The number of rotatable bonds is 21. The highest BCUT2D eigenvalue weighted by atomic mass is 19.3. The van der Waals surface area contributed by atoms with Crippen molar-refractivity contribution in [2.24, 2.45) is 5.73 Å². The predicted octanol–water partition coefficient (Wildman–Crippen LogP) is 8.77. The Morgan fingerprint density at radius 3 is 1.97 bits per heavy atom. The Kier molecular flexibility index (Phi) is 53.9. The van der Waals surface area contributed by atoms with Gasteiger partial charge in [0.2, 0.25) is 5.91 Å². The number of nitrogens with two attached hydrogens (primary N) is 3. The Balaban J connectivity index is -0.000000249. The van der Waals surface area contributed by atoms with E-state index in [-0.39, 0.29) is 30.4 Å². The molecule has 2 aromatic rings. The second-order valence-corrected chi connectivity index (χ2v) is 14.5. The van der Waals surface area contributed by atoms with E-state index in [0.717, 1.165) is 74.0 Å². The van der Waals surface area contributed by atoms with Crippen molar-refractivity contribution < 1.29 is 28.0 Å². The van der Waals surface area contributed by atoms with Crippen molar-refractivity contribution in [3.63, 3.8) is 0 Å². The third kappa shape index (κ3) is 37.0. The summed E-state index contributed by atoms with van der Waals surface area (Å²) in [5.74, 6) is -0.495. The van der Waals surface area contributed by atoms with Gasteiger partial charge in [-0.1, -0.05) is 85.9 Å². The molecule has 0 saturated carbocycles. The summed E-state index contributed by atoms with van der Waals surface area (Å²) in [7, 11) is 12.6. The number of carbonyl (C=O) groups excluding carboxylic acids is 3. The number of aldehydes is 1. The number of nitrogens with zero attached hydrogens (tertiary/aromatic N) is 2. The lowest BCUT2D eigenvalue weighted by molar-refractivity contribution is -0.130. The summed E-state index contributed by atoms with van der Waals surface area (Å²) in [5.41, 5.74) is 24.7. The van der Waals surface area contributed by atoms with Gasteiger partial charge in [0.1, 0.15) is 6.29 Å². The number of alkyl halides is 2. The summed E-state index contributed by atoms with van der Waals surface area (Å²) in [5, 5.41) is 14.2. The van der Waals surface area contributed by atoms with Gasteiger partial charge < -0.3 is 48.3 Å². The molecular formula is C51H96F2N10O4. The summed E-state index contributed by atoms with van der Waals surface area (Å²) in [4.78, 5) is 38.1. The largest absolute Gasteiger partial charge is 0.398 e. The van der Waals surface area contributed by atoms with Gasteiger partial charge in [-0.15, -0.1) is 13.2 Å². The number of hydrogen-bond donors (Lipinski definition) is 8. The molecule has 1 aliphatic rings. The Morgan fingerprint density at radius 1 is 0.940 bits per heavy atom. The van der Waals surface area contributed by atoms with Gasteiger partial charge in [0, 0.05) is 68.9 Å². The molecule has 2 aromatic carbocycles. The van der Waals surface area contributed by atoms with Crippen molar-refractivity contribution in [2.75, 3.05) is 87.0 Å². The first-order chi connectivity index (χ1) is 32.1. The highest BCUT2D eigenvalue weighted by molar-refractivity contribution is 5.99. The average Bonchev–Trinajstić information content (AvgIpc) is 3.78. The lowest BCUT2D eigenvalue weighted by Crippen LogP contribution is -2.29. The highest BCUT2D eigenvalue weighted by Gasteiger charge is 2.21. The molecule has 0 saturated heterocycles. The van der Waals surface area contributed by atoms with Crippen molar-refractivity contribution in [3.05, 3.63) is 84.1 Å². The standard InChI is InChI=1S/C14H19F2N3.C14H19N3O3.C6H16N2.C6H15N.C5H10O.C2H7N.C2H6.C2H4/c1-3-4-9-5-11(10-7-18-19(2)8-10)12(14(15)16)6-13(9)17;1-4-10-11(6-5-7-12(10)15)14(19)17(3)20-9-8-13(18)16-2;1-3-6(7)4-5-8-2;1-3-4-5-6-7-2;1-2-3-4-5-6;1-3-2;2*1-2/h5-6,8,14,18H,3-4,7,17H2,1-2H3;4-7H,1,8-9,15H2,2-3H3,(H,16,18);6,8H,3-5,7H2,1-2H3;7H,3-6H2,1-2H3;5H,2-4H2,1H3;3H,1-2H3;1-2H3;1-2H2. The molecule has 14 nitrogen and oxygen atoms in total. The summed E-state index contributed by atoms with van der Waals surface area (Å²) < 4.78 is 26.3. The fourth-order valence-corrected chi connectivity index (χ4v) is 5.32. The molecule has 2 amide bonds. The van der Waals surface area contributed by atoms with E-state index in [1.165, 1.54) is 45.0 Å². The number of hydrazine groups is 1. The van der Waals surface area contributed by atoms with E-state index in [9.17, 15) is 23.2 Å². The zero-order valence-electron chi connectivity index (χ0n) is 44.0. The van der Waals surface area contributed by atoms with Gasteiger partial charge in [-0.05, 0) is 114 Å². The Bertz CT molecular complexity index is 1550. The van der Waals surface area contributed by atoms with E-state index in [4.69, 9.17) is 22.0 Å². The zero-order chi connectivity index (χ0) is 52.6. The van der Waals surface area contributed by atoms with Gasteiger partial charge in [0.05, 0.1) is 18.6 Å². The number of amides is 2. The molecule has 1 unspecified atom stereocenters. The van der Waals surface area contributed by atoms with Crippen LogP contribution >= 0.6 is 0 Å². The molecule has 0 spiro atoms. The van der Waals surface area contributed by atoms with Crippen molar-refractivity contribution in [1.82, 2.24) is 36.8 Å². The first kappa shape index (κ1) is 71.3. The van der Waals surface area contributed by atoms with Crippen LogP contribution in [-0.4, -0.2) is 110 Å². The third-order valence-corrected chi connectivity index (χ3v) is 9.03. The fraction of sp³-hybridized carbons (Fsp3) is 0.588. The molecule has 1 atom stereocenters. The molecule has 0 aliphatic carbocycles. The molecule has 388 valence electrons. The Labute approximate surface area is 406 Å². The van der Waals surface area contributed by atoms with Gasteiger partial charge >= 0.3 is 0 Å². The van der Waals surface area contributed by atoms with Gasteiger partial charge in [0.15, 0.2) is 0 Å². The van der Waals surface area contributed by atoms with Gasteiger partial charge in [-0.25, -0.2) is 19.3 Å². The molecule has 67 heavy (non-hydrogen) atoms. The summed E-state index contributed by atoms with van der Waals surface area (Å²) in [6.07, 6.45) is 12.8. The number of unbranched alkanes of at least 4 members (excludes halogenated alkanes) is 4. The number of anilines is 2. The minimum atomic E-state index is -2.51. The number of halogens is 2. The number of benzene rings is 2. The van der Waals surface area contributed by atoms with Crippen LogP contribution in [0.4, 0.5) is 20.2 Å². The number of nitrogens with one attached hydrogen (secondary N) is 5. The fourth-order valence-electron chi connectivity index (χ4n) is 5.32. The summed E-state index contributed by atoms with van der Waals surface area (Å²) in [6, 6.07) is 8.65. The van der Waals surface area contributed by atoms with Crippen LogP contribution in [0.5, 0.6) is 0 Å². The monoisotopic (exact) mass is 951 g/mol. The molecule has 0 fully saturated rings. The highest BCUT2D eigenvalue weighted by Crippen LogP contribution is 2.33. The van der Waals surface area contributed by atoms with Gasteiger partial charge in [0.25, 0.3) is 12.3 Å². The van der Waals surface area contributed by atoms with Crippen molar-refractivity contribution >= 4 is 41.1 Å². The predicted molar refractivity (Wildman–Crippen MR) is 285 cm³/mol. The number of hydrogen-bond acceptors (Lipinski definition) is 12. The van der Waals surface area contributed by atoms with Crippen LogP contribution in [0, 0.1) is 0 Å². The molecule has 11 N–H and O–H groups in total. The van der Waals surface area contributed by atoms with Crippen LogP contribution in [0.1, 0.15) is 145 Å². The summed E-state index contributed by atoms with van der Waals surface area (Å²) >= 11 is 0. The van der Waals surface area contributed by atoms with E-state index in [2.05, 4.69) is 67.2 Å². The Morgan fingerprint density at radius 2 is 1.54 bits per heavy atom.